The van der Waals surface area contributed by atoms with Crippen LogP contribution in [0.25, 0.3) is 0 Å². The van der Waals surface area contributed by atoms with Crippen molar-refractivity contribution < 1.29 is 4.74 Å². The molecule has 4 nitrogen and oxygen atoms in total. The van der Waals surface area contributed by atoms with Crippen LogP contribution in [0.3, 0.4) is 0 Å². The van der Waals surface area contributed by atoms with Crippen molar-refractivity contribution in [1.82, 2.24) is 10.3 Å². The fourth-order valence-corrected chi connectivity index (χ4v) is 1.71. The molecule has 0 saturated carbocycles. The van der Waals surface area contributed by atoms with Gasteiger partial charge in [-0.05, 0) is 23.3 Å². The normalized spacial score (nSPS) is 10.3. The van der Waals surface area contributed by atoms with Gasteiger partial charge in [-0.25, -0.2) is 4.98 Å². The lowest BCUT2D eigenvalue weighted by Gasteiger charge is -2.08. The molecule has 0 atom stereocenters. The minimum Gasteiger partial charge on any atom is -0.481 e. The quantitative estimate of drug-likeness (QED) is 0.788. The molecule has 3 N–H and O–H groups in total. The van der Waals surface area contributed by atoms with E-state index in [0.29, 0.717) is 5.88 Å². The van der Waals surface area contributed by atoms with Gasteiger partial charge in [0.1, 0.15) is 0 Å². The molecule has 2 aromatic rings. The summed E-state index contributed by atoms with van der Waals surface area (Å²) in [5.41, 5.74) is 8.94. The summed E-state index contributed by atoms with van der Waals surface area (Å²) in [6.45, 7) is 1.50. The van der Waals surface area contributed by atoms with Crippen molar-refractivity contribution in [2.75, 3.05) is 12.8 Å². The molecule has 0 saturated heterocycles. The number of methoxy groups -OCH3 is 1. The highest BCUT2D eigenvalue weighted by Crippen LogP contribution is 2.11. The number of ether oxygens (including phenoxy) is 1. The molecule has 4 heteroatoms. The second-order valence-electron chi connectivity index (χ2n) is 4.01. The van der Waals surface area contributed by atoms with E-state index in [9.17, 15) is 0 Å². The number of anilines is 1. The maximum atomic E-state index is 5.88. The zero-order chi connectivity index (χ0) is 12.8. The zero-order valence-corrected chi connectivity index (χ0v) is 10.4. The molecule has 1 heterocycles. The van der Waals surface area contributed by atoms with E-state index in [1.807, 2.05) is 36.4 Å². The number of pyridine rings is 1. The maximum absolute atomic E-state index is 5.88. The summed E-state index contributed by atoms with van der Waals surface area (Å²) in [6, 6.07) is 11.7. The molecule has 0 amide bonds. The van der Waals surface area contributed by atoms with Crippen molar-refractivity contribution in [3.63, 3.8) is 0 Å². The molecule has 0 unspecified atom stereocenters. The number of nitrogen functional groups attached to an aromatic ring is 1. The largest absolute Gasteiger partial charge is 0.481 e. The monoisotopic (exact) mass is 243 g/mol. The number of para-hydroxylation sites is 1. The number of nitrogens with zero attached hydrogens (tertiary/aromatic N) is 1. The summed E-state index contributed by atoms with van der Waals surface area (Å²) < 4.78 is 5.08. The fraction of sp³-hybridized carbons (Fsp3) is 0.214. The number of aromatic nitrogens is 1. The van der Waals surface area contributed by atoms with Gasteiger partial charge in [-0.15, -0.1) is 0 Å². The Morgan fingerprint density at radius 2 is 2.06 bits per heavy atom. The lowest BCUT2D eigenvalue weighted by Crippen LogP contribution is -2.13. The van der Waals surface area contributed by atoms with Gasteiger partial charge in [0.25, 0.3) is 0 Å². The van der Waals surface area contributed by atoms with Gasteiger partial charge >= 0.3 is 0 Å². The number of hydrogen-bond acceptors (Lipinski definition) is 4. The van der Waals surface area contributed by atoms with E-state index in [1.165, 1.54) is 0 Å². The van der Waals surface area contributed by atoms with Crippen molar-refractivity contribution in [3.05, 3.63) is 53.7 Å². The molecule has 1 aromatic carbocycles. The topological polar surface area (TPSA) is 60.2 Å². The van der Waals surface area contributed by atoms with E-state index < -0.39 is 0 Å². The average molecular weight is 243 g/mol. The molecule has 0 radical (unpaired) electrons. The van der Waals surface area contributed by atoms with Crippen LogP contribution in [0.15, 0.2) is 42.6 Å². The van der Waals surface area contributed by atoms with Crippen LogP contribution in [-0.2, 0) is 13.1 Å². The van der Waals surface area contributed by atoms with Crippen LogP contribution in [0.2, 0.25) is 0 Å². The summed E-state index contributed by atoms with van der Waals surface area (Å²) >= 11 is 0. The van der Waals surface area contributed by atoms with Gasteiger partial charge in [0.15, 0.2) is 0 Å². The van der Waals surface area contributed by atoms with Gasteiger partial charge in [-0.1, -0.05) is 18.2 Å². The Hall–Kier alpha value is -2.07. The number of nitrogens with two attached hydrogens (primary N) is 1. The summed E-state index contributed by atoms with van der Waals surface area (Å²) in [6.07, 6.45) is 1.74. The van der Waals surface area contributed by atoms with E-state index in [4.69, 9.17) is 10.5 Å². The molecule has 0 fully saturated rings. The van der Waals surface area contributed by atoms with Gasteiger partial charge in [0.2, 0.25) is 5.88 Å². The number of hydrogen-bond donors (Lipinski definition) is 2. The van der Waals surface area contributed by atoms with Crippen LogP contribution in [0.4, 0.5) is 5.69 Å². The SMILES string of the molecule is COc1cc(CNCc2ccccc2N)ccn1. The van der Waals surface area contributed by atoms with Gasteiger partial charge in [-0.2, -0.15) is 0 Å². The van der Waals surface area contributed by atoms with E-state index in [0.717, 1.165) is 29.9 Å². The first-order valence-corrected chi connectivity index (χ1v) is 5.82. The van der Waals surface area contributed by atoms with Crippen LogP contribution < -0.4 is 15.8 Å². The third-order valence-corrected chi connectivity index (χ3v) is 2.71. The Labute approximate surface area is 107 Å². The number of rotatable bonds is 5. The second kappa shape index (κ2) is 6.02. The molecule has 0 aliphatic rings. The molecule has 1 aromatic heterocycles. The Bertz CT molecular complexity index is 514. The minimum atomic E-state index is 0.633. The highest BCUT2D eigenvalue weighted by molar-refractivity contribution is 5.46. The van der Waals surface area contributed by atoms with Crippen LogP contribution in [-0.4, -0.2) is 12.1 Å². The third kappa shape index (κ3) is 3.21. The number of benzene rings is 1. The van der Waals surface area contributed by atoms with E-state index in [-0.39, 0.29) is 0 Å². The van der Waals surface area contributed by atoms with Crippen LogP contribution in [0, 0.1) is 0 Å². The first-order valence-electron chi connectivity index (χ1n) is 5.82. The van der Waals surface area contributed by atoms with Crippen molar-refractivity contribution >= 4 is 5.69 Å². The predicted molar refractivity (Wildman–Crippen MR) is 72.2 cm³/mol. The highest BCUT2D eigenvalue weighted by Gasteiger charge is 1.99. The molecule has 18 heavy (non-hydrogen) atoms. The Kier molecular flexibility index (Phi) is 4.15. The minimum absolute atomic E-state index is 0.633. The molecule has 94 valence electrons. The highest BCUT2D eigenvalue weighted by atomic mass is 16.5. The van der Waals surface area contributed by atoms with E-state index in [1.54, 1.807) is 13.3 Å². The lowest BCUT2D eigenvalue weighted by molar-refractivity contribution is 0.397. The molecular formula is C14H17N3O. The van der Waals surface area contributed by atoms with Gasteiger partial charge in [-0.3, -0.25) is 0 Å². The van der Waals surface area contributed by atoms with Crippen LogP contribution in [0.1, 0.15) is 11.1 Å². The second-order valence-corrected chi connectivity index (χ2v) is 4.01. The lowest BCUT2D eigenvalue weighted by atomic mass is 10.2. The third-order valence-electron chi connectivity index (χ3n) is 2.71. The Morgan fingerprint density at radius 3 is 2.83 bits per heavy atom. The van der Waals surface area contributed by atoms with Crippen molar-refractivity contribution in [3.8, 4) is 5.88 Å². The standard InChI is InChI=1S/C14H17N3O/c1-18-14-8-11(6-7-17-14)9-16-10-12-4-2-3-5-13(12)15/h2-8,16H,9-10,15H2,1H3. The average Bonchev–Trinajstić information content (AvgIpc) is 2.41. The summed E-state index contributed by atoms with van der Waals surface area (Å²) in [7, 11) is 1.62. The Balaban J connectivity index is 1.90. The van der Waals surface area contributed by atoms with Crippen molar-refractivity contribution in [2.45, 2.75) is 13.1 Å². The smallest absolute Gasteiger partial charge is 0.213 e. The number of nitrogens with one attached hydrogen (secondary N) is 1. The first-order chi connectivity index (χ1) is 8.79. The van der Waals surface area contributed by atoms with Gasteiger partial charge < -0.3 is 15.8 Å². The predicted octanol–water partition coefficient (Wildman–Crippen LogP) is 1.96. The molecule has 0 bridgehead atoms. The molecule has 0 spiro atoms. The van der Waals surface area contributed by atoms with E-state index >= 15 is 0 Å². The summed E-state index contributed by atoms with van der Waals surface area (Å²) in [5.74, 6) is 0.633. The maximum Gasteiger partial charge on any atom is 0.213 e. The van der Waals surface area contributed by atoms with Gasteiger partial charge in [0, 0.05) is 31.0 Å². The fourth-order valence-electron chi connectivity index (χ4n) is 1.71. The van der Waals surface area contributed by atoms with Crippen LogP contribution in [0.5, 0.6) is 5.88 Å². The Morgan fingerprint density at radius 1 is 1.22 bits per heavy atom. The van der Waals surface area contributed by atoms with Crippen molar-refractivity contribution in [2.24, 2.45) is 0 Å². The molecule has 2 rings (SSSR count). The summed E-state index contributed by atoms with van der Waals surface area (Å²) in [4.78, 5) is 4.07. The van der Waals surface area contributed by atoms with E-state index in [2.05, 4.69) is 10.3 Å². The molecule has 0 aliphatic heterocycles. The van der Waals surface area contributed by atoms with Gasteiger partial charge in [0.05, 0.1) is 7.11 Å². The zero-order valence-electron chi connectivity index (χ0n) is 10.4. The van der Waals surface area contributed by atoms with Crippen molar-refractivity contribution in [1.29, 1.82) is 0 Å². The van der Waals surface area contributed by atoms with Crippen LogP contribution >= 0.6 is 0 Å². The molecular weight excluding hydrogens is 226 g/mol. The first kappa shape index (κ1) is 12.4. The molecule has 0 aliphatic carbocycles. The summed E-state index contributed by atoms with van der Waals surface area (Å²) in [5, 5.41) is 3.35.